The largest absolute Gasteiger partial charge is 0.573 e. The number of rotatable bonds is 2. The number of ether oxygens (including phenoxy) is 1. The van der Waals surface area contributed by atoms with E-state index in [1.54, 1.807) is 0 Å². The van der Waals surface area contributed by atoms with Crippen LogP contribution in [0.25, 0.3) is 0 Å². The summed E-state index contributed by atoms with van der Waals surface area (Å²) in [6.45, 7) is 0. The van der Waals surface area contributed by atoms with Gasteiger partial charge in [0, 0.05) is 0 Å². The molecule has 1 rings (SSSR count). The van der Waals surface area contributed by atoms with Crippen molar-refractivity contribution in [2.24, 2.45) is 0 Å². The van der Waals surface area contributed by atoms with Crippen LogP contribution in [-0.2, 0) is 9.84 Å². The normalized spacial score (nSPS) is 13.4. The average Bonchev–Trinajstić information content (AvgIpc) is 2.17. The van der Waals surface area contributed by atoms with Crippen molar-refractivity contribution in [3.63, 3.8) is 0 Å². The summed E-state index contributed by atoms with van der Waals surface area (Å²) in [7, 11) is -6.01. The van der Waals surface area contributed by atoms with E-state index in [9.17, 15) is 34.8 Å². The summed E-state index contributed by atoms with van der Waals surface area (Å²) in [5.74, 6) is -1.60. The van der Waals surface area contributed by atoms with Crippen LogP contribution in [0.5, 0.6) is 5.75 Å². The monoisotopic (exact) mass is 309 g/mol. The Hall–Kier alpha value is -1.65. The topological polar surface area (TPSA) is 69.4 Å². The van der Waals surface area contributed by atoms with Crippen molar-refractivity contribution in [1.82, 2.24) is 0 Å². The van der Waals surface area contributed by atoms with Crippen molar-refractivity contribution in [2.45, 2.75) is 16.8 Å². The van der Waals surface area contributed by atoms with Crippen molar-refractivity contribution >= 4 is 15.5 Å². The van der Waals surface area contributed by atoms with E-state index < -0.39 is 38.0 Å². The Morgan fingerprint density at radius 3 is 2.00 bits per heavy atom. The molecule has 0 bridgehead atoms. The smallest absolute Gasteiger partial charge is 0.402 e. The molecule has 108 valence electrons. The van der Waals surface area contributed by atoms with Gasteiger partial charge in [0.05, 0.1) is 5.69 Å². The van der Waals surface area contributed by atoms with Gasteiger partial charge in [-0.25, -0.2) is 8.42 Å². The van der Waals surface area contributed by atoms with Crippen LogP contribution < -0.4 is 10.5 Å². The molecule has 0 radical (unpaired) electrons. The van der Waals surface area contributed by atoms with Crippen LogP contribution in [0.3, 0.4) is 0 Å². The van der Waals surface area contributed by atoms with Gasteiger partial charge in [-0.1, -0.05) is 6.07 Å². The van der Waals surface area contributed by atoms with Crippen molar-refractivity contribution in [3.8, 4) is 5.75 Å². The third kappa shape index (κ3) is 3.22. The molecule has 0 atom stereocenters. The minimum atomic E-state index is -6.01. The standard InChI is InChI=1S/C8H5F6NO3S/c9-7(10,11)18-6-4(15)2-1-3-5(6)19(16,17)8(12,13)14/h1-3H,15H2. The van der Waals surface area contributed by atoms with Gasteiger partial charge in [0.15, 0.2) is 5.75 Å². The molecule has 0 aromatic heterocycles. The summed E-state index contributed by atoms with van der Waals surface area (Å²) >= 11 is 0. The summed E-state index contributed by atoms with van der Waals surface area (Å²) in [5.41, 5.74) is -1.65. The molecule has 19 heavy (non-hydrogen) atoms. The molecular formula is C8H5F6NO3S. The third-order valence-electron chi connectivity index (χ3n) is 1.82. The van der Waals surface area contributed by atoms with Crippen LogP contribution in [0.2, 0.25) is 0 Å². The molecule has 0 saturated carbocycles. The fourth-order valence-corrected chi connectivity index (χ4v) is 2.00. The fraction of sp³-hybridized carbons (Fsp3) is 0.250. The Balaban J connectivity index is 3.51. The first-order chi connectivity index (χ1) is 8.36. The third-order valence-corrected chi connectivity index (χ3v) is 3.33. The summed E-state index contributed by atoms with van der Waals surface area (Å²) in [6, 6.07) is 1.86. The van der Waals surface area contributed by atoms with Crippen molar-refractivity contribution < 1.29 is 39.5 Å². The van der Waals surface area contributed by atoms with E-state index >= 15 is 0 Å². The van der Waals surface area contributed by atoms with Crippen molar-refractivity contribution in [2.75, 3.05) is 5.73 Å². The van der Waals surface area contributed by atoms with Gasteiger partial charge < -0.3 is 10.5 Å². The van der Waals surface area contributed by atoms with E-state index in [0.29, 0.717) is 6.07 Å². The lowest BCUT2D eigenvalue weighted by atomic mass is 10.3. The highest BCUT2D eigenvalue weighted by molar-refractivity contribution is 7.92. The molecular weight excluding hydrogens is 304 g/mol. The van der Waals surface area contributed by atoms with Gasteiger partial charge in [-0.15, -0.1) is 13.2 Å². The lowest BCUT2D eigenvalue weighted by Crippen LogP contribution is -2.26. The minimum absolute atomic E-state index is 0.320. The van der Waals surface area contributed by atoms with E-state index in [1.165, 1.54) is 0 Å². The molecule has 0 aliphatic rings. The second kappa shape index (κ2) is 4.47. The fourth-order valence-electron chi connectivity index (χ4n) is 1.09. The highest BCUT2D eigenvalue weighted by Crippen LogP contribution is 2.40. The lowest BCUT2D eigenvalue weighted by molar-refractivity contribution is -0.275. The Morgan fingerprint density at radius 2 is 1.58 bits per heavy atom. The molecule has 0 heterocycles. The van der Waals surface area contributed by atoms with E-state index in [-0.39, 0.29) is 0 Å². The zero-order valence-electron chi connectivity index (χ0n) is 8.71. The first-order valence-corrected chi connectivity index (χ1v) is 5.80. The highest BCUT2D eigenvalue weighted by Gasteiger charge is 2.49. The molecule has 0 aliphatic carbocycles. The molecule has 1 aromatic rings. The number of sulfone groups is 1. The molecule has 0 unspecified atom stereocenters. The molecule has 0 spiro atoms. The average molecular weight is 309 g/mol. The first kappa shape index (κ1) is 15.4. The molecule has 2 N–H and O–H groups in total. The van der Waals surface area contributed by atoms with E-state index in [4.69, 9.17) is 5.73 Å². The van der Waals surface area contributed by atoms with Crippen molar-refractivity contribution in [3.05, 3.63) is 18.2 Å². The van der Waals surface area contributed by atoms with Crippen LogP contribution in [0.15, 0.2) is 23.1 Å². The van der Waals surface area contributed by atoms with Gasteiger partial charge in [0.2, 0.25) is 0 Å². The molecule has 11 heteroatoms. The summed E-state index contributed by atoms with van der Waals surface area (Å²) in [5, 5.41) is 0. The summed E-state index contributed by atoms with van der Waals surface area (Å²) < 4.78 is 98.4. The van der Waals surface area contributed by atoms with Crippen LogP contribution in [0, 0.1) is 0 Å². The van der Waals surface area contributed by atoms with Gasteiger partial charge in [-0.2, -0.15) is 13.2 Å². The molecule has 0 amide bonds. The van der Waals surface area contributed by atoms with E-state index in [2.05, 4.69) is 4.74 Å². The number of anilines is 1. The van der Waals surface area contributed by atoms with Crippen molar-refractivity contribution in [1.29, 1.82) is 0 Å². The summed E-state index contributed by atoms with van der Waals surface area (Å²) in [4.78, 5) is -1.70. The maximum atomic E-state index is 12.3. The van der Waals surface area contributed by atoms with Gasteiger partial charge in [-0.05, 0) is 12.1 Å². The Bertz CT molecular complexity index is 577. The number of hydrogen-bond donors (Lipinski definition) is 1. The quantitative estimate of drug-likeness (QED) is 0.673. The maximum absolute atomic E-state index is 12.3. The second-order valence-corrected chi connectivity index (χ2v) is 5.08. The van der Waals surface area contributed by atoms with Gasteiger partial charge in [-0.3, -0.25) is 0 Å². The minimum Gasteiger partial charge on any atom is -0.402 e. The predicted octanol–water partition coefficient (Wildman–Crippen LogP) is 2.46. The van der Waals surface area contributed by atoms with Crippen LogP contribution in [-0.4, -0.2) is 20.3 Å². The van der Waals surface area contributed by atoms with Crippen LogP contribution in [0.4, 0.5) is 32.0 Å². The lowest BCUT2D eigenvalue weighted by Gasteiger charge is -2.16. The predicted molar refractivity (Wildman–Crippen MR) is 50.8 cm³/mol. The number of nitrogens with two attached hydrogens (primary N) is 1. The zero-order chi connectivity index (χ0) is 15.1. The van der Waals surface area contributed by atoms with E-state index in [0.717, 1.165) is 12.1 Å². The first-order valence-electron chi connectivity index (χ1n) is 4.32. The number of para-hydroxylation sites is 1. The number of hydrogen-bond acceptors (Lipinski definition) is 4. The van der Waals surface area contributed by atoms with Gasteiger partial charge in [0.25, 0.3) is 9.84 Å². The maximum Gasteiger partial charge on any atom is 0.573 e. The zero-order valence-corrected chi connectivity index (χ0v) is 9.53. The Kier molecular flexibility index (Phi) is 3.63. The van der Waals surface area contributed by atoms with E-state index in [1.807, 2.05) is 0 Å². The molecule has 0 saturated heterocycles. The number of alkyl halides is 6. The Labute approximate surface area is 102 Å². The SMILES string of the molecule is Nc1cccc(S(=O)(=O)C(F)(F)F)c1OC(F)(F)F. The molecule has 0 aliphatic heterocycles. The Morgan fingerprint density at radius 1 is 1.05 bits per heavy atom. The molecule has 0 fully saturated rings. The number of halogens is 6. The second-order valence-electron chi connectivity index (χ2n) is 3.17. The summed E-state index contributed by atoms with van der Waals surface area (Å²) in [6.07, 6.45) is -5.38. The van der Waals surface area contributed by atoms with Crippen LogP contribution in [0.1, 0.15) is 0 Å². The molecule has 1 aromatic carbocycles. The van der Waals surface area contributed by atoms with Gasteiger partial charge >= 0.3 is 11.9 Å². The van der Waals surface area contributed by atoms with Crippen LogP contribution >= 0.6 is 0 Å². The van der Waals surface area contributed by atoms with Gasteiger partial charge in [0.1, 0.15) is 4.90 Å². The number of benzene rings is 1. The highest BCUT2D eigenvalue weighted by atomic mass is 32.2. The molecule has 4 nitrogen and oxygen atoms in total. The number of nitrogen functional groups attached to an aromatic ring is 1.